The molecule has 0 radical (unpaired) electrons. The Kier molecular flexibility index (Phi) is 3.82. The molecule has 8 nitrogen and oxygen atoms in total. The smallest absolute Gasteiger partial charge is 0.271 e. The Morgan fingerprint density at radius 3 is 2.52 bits per heavy atom. The first kappa shape index (κ1) is 19.5. The number of nitro benzene ring substituents is 1. The van der Waals surface area contributed by atoms with Gasteiger partial charge in [0, 0.05) is 23.7 Å². The Labute approximate surface area is 179 Å². The van der Waals surface area contributed by atoms with E-state index >= 15 is 0 Å². The van der Waals surface area contributed by atoms with Crippen LogP contribution in [0, 0.1) is 22.5 Å². The number of carbonyl (C=O) groups is 1. The van der Waals surface area contributed by atoms with Crippen molar-refractivity contribution in [3.63, 3.8) is 0 Å². The number of anilines is 1. The highest BCUT2D eigenvalue weighted by atomic mass is 16.6. The molecule has 158 valence electrons. The second-order valence-electron chi connectivity index (χ2n) is 9.39. The average Bonchev–Trinajstić information content (AvgIpc) is 3.01. The Hall–Kier alpha value is -3.42. The van der Waals surface area contributed by atoms with E-state index in [0.29, 0.717) is 29.0 Å². The van der Waals surface area contributed by atoms with Crippen molar-refractivity contribution >= 4 is 28.4 Å². The molecule has 2 aliphatic rings. The van der Waals surface area contributed by atoms with Gasteiger partial charge < -0.3 is 5.32 Å². The lowest BCUT2D eigenvalue weighted by Crippen LogP contribution is -2.48. The minimum Gasteiger partial charge on any atom is -0.310 e. The van der Waals surface area contributed by atoms with E-state index in [1.54, 1.807) is 12.3 Å². The fourth-order valence-corrected chi connectivity index (χ4v) is 5.53. The summed E-state index contributed by atoms with van der Waals surface area (Å²) >= 11 is 0. The summed E-state index contributed by atoms with van der Waals surface area (Å²) in [5.74, 6) is 0.346. The zero-order valence-corrected chi connectivity index (χ0v) is 17.9. The van der Waals surface area contributed by atoms with Crippen molar-refractivity contribution in [3.8, 4) is 0 Å². The van der Waals surface area contributed by atoms with E-state index in [9.17, 15) is 14.9 Å². The highest BCUT2D eigenvalue weighted by molar-refractivity contribution is 6.01. The van der Waals surface area contributed by atoms with E-state index in [0.717, 1.165) is 17.7 Å². The van der Waals surface area contributed by atoms with Crippen LogP contribution in [0.25, 0.3) is 11.0 Å². The summed E-state index contributed by atoms with van der Waals surface area (Å²) in [6.45, 7) is 8.28. The van der Waals surface area contributed by atoms with Crippen LogP contribution in [0.4, 0.5) is 11.5 Å². The van der Waals surface area contributed by atoms with Crippen molar-refractivity contribution in [3.05, 3.63) is 63.6 Å². The molecule has 1 aromatic carbocycles. The van der Waals surface area contributed by atoms with Crippen molar-refractivity contribution in [2.45, 2.75) is 51.4 Å². The van der Waals surface area contributed by atoms with Gasteiger partial charge in [-0.2, -0.15) is 0 Å². The van der Waals surface area contributed by atoms with Crippen LogP contribution >= 0.6 is 0 Å². The summed E-state index contributed by atoms with van der Waals surface area (Å²) in [4.78, 5) is 38.6. The molecule has 2 unspecified atom stereocenters. The molecule has 2 aliphatic carbocycles. The molecule has 0 aliphatic heterocycles. The van der Waals surface area contributed by atoms with E-state index < -0.39 is 15.8 Å². The molecule has 31 heavy (non-hydrogen) atoms. The third-order valence-corrected chi connectivity index (χ3v) is 7.78. The normalized spacial score (nSPS) is 25.4. The van der Waals surface area contributed by atoms with Crippen molar-refractivity contribution in [1.82, 2.24) is 15.0 Å². The minimum absolute atomic E-state index is 0.0437. The van der Waals surface area contributed by atoms with Crippen LogP contribution in [0.2, 0.25) is 0 Å². The molecule has 0 spiro atoms. The molecule has 1 N–H and O–H groups in total. The second kappa shape index (κ2) is 6.06. The molecule has 2 bridgehead atoms. The van der Waals surface area contributed by atoms with Crippen molar-refractivity contribution in [2.24, 2.45) is 5.41 Å². The fraction of sp³-hybridized carbons (Fsp3) is 0.391. The van der Waals surface area contributed by atoms with Crippen LogP contribution < -0.4 is 5.32 Å². The molecule has 5 rings (SSSR count). The predicted molar refractivity (Wildman–Crippen MR) is 116 cm³/mol. The number of rotatable bonds is 3. The lowest BCUT2D eigenvalue weighted by molar-refractivity contribution is -0.384. The lowest BCUT2D eigenvalue weighted by Gasteiger charge is -2.39. The number of non-ortho nitro benzene ring substituents is 1. The fourth-order valence-electron chi connectivity index (χ4n) is 5.53. The van der Waals surface area contributed by atoms with Crippen molar-refractivity contribution in [2.75, 3.05) is 5.32 Å². The standard InChI is InChI=1S/C23H23N5O3/c1-13-7-10-24-17(11-13)27-20(29)23-9-8-22(4,21(23,2)3)18-19(23)26-16-12-14(28(30)31)5-6-15(16)25-18/h5-7,10-12H,8-9H2,1-4H3,(H,24,27,29). The number of hydrogen-bond acceptors (Lipinski definition) is 6. The zero-order valence-electron chi connectivity index (χ0n) is 17.9. The monoisotopic (exact) mass is 417 g/mol. The van der Waals surface area contributed by atoms with Gasteiger partial charge in [-0.25, -0.2) is 15.0 Å². The second-order valence-corrected chi connectivity index (χ2v) is 9.39. The third kappa shape index (κ3) is 2.35. The van der Waals surface area contributed by atoms with Gasteiger partial charge in [0.1, 0.15) is 5.82 Å². The zero-order chi connectivity index (χ0) is 22.2. The summed E-state index contributed by atoms with van der Waals surface area (Å²) in [6.07, 6.45) is 3.12. The molecule has 3 aromatic rings. The number of amides is 1. The van der Waals surface area contributed by atoms with Gasteiger partial charge >= 0.3 is 0 Å². The molecule has 1 amide bonds. The summed E-state index contributed by atoms with van der Waals surface area (Å²) in [6, 6.07) is 8.21. The Morgan fingerprint density at radius 2 is 1.81 bits per heavy atom. The molecule has 8 heteroatoms. The molecule has 2 heterocycles. The van der Waals surface area contributed by atoms with Gasteiger partial charge in [-0.1, -0.05) is 20.8 Å². The number of pyridine rings is 1. The number of fused-ring (bicyclic) bond motifs is 6. The lowest BCUT2D eigenvalue weighted by atomic mass is 9.63. The van der Waals surface area contributed by atoms with Gasteiger partial charge in [-0.3, -0.25) is 14.9 Å². The Bertz CT molecular complexity index is 1290. The molecule has 2 aromatic heterocycles. The van der Waals surface area contributed by atoms with E-state index in [1.807, 2.05) is 19.1 Å². The topological polar surface area (TPSA) is 111 Å². The maximum Gasteiger partial charge on any atom is 0.271 e. The van der Waals surface area contributed by atoms with Crippen LogP contribution in [0.1, 0.15) is 50.6 Å². The number of carbonyl (C=O) groups excluding carboxylic acids is 1. The van der Waals surface area contributed by atoms with Crippen LogP contribution in [0.5, 0.6) is 0 Å². The van der Waals surface area contributed by atoms with Gasteiger partial charge in [0.05, 0.1) is 32.8 Å². The molecular weight excluding hydrogens is 394 g/mol. The molecule has 1 fully saturated rings. The van der Waals surface area contributed by atoms with Gasteiger partial charge in [-0.05, 0) is 48.9 Å². The summed E-state index contributed by atoms with van der Waals surface area (Å²) in [5, 5.41) is 14.3. The van der Waals surface area contributed by atoms with Crippen molar-refractivity contribution in [1.29, 1.82) is 0 Å². The summed E-state index contributed by atoms with van der Waals surface area (Å²) in [7, 11) is 0. The van der Waals surface area contributed by atoms with Crippen molar-refractivity contribution < 1.29 is 9.72 Å². The van der Waals surface area contributed by atoms with Crippen LogP contribution in [-0.4, -0.2) is 25.8 Å². The van der Waals surface area contributed by atoms with E-state index in [2.05, 4.69) is 31.1 Å². The highest BCUT2D eigenvalue weighted by Crippen LogP contribution is 2.70. The Morgan fingerprint density at radius 1 is 1.06 bits per heavy atom. The van der Waals surface area contributed by atoms with Gasteiger partial charge in [-0.15, -0.1) is 0 Å². The van der Waals surface area contributed by atoms with Crippen LogP contribution in [-0.2, 0) is 15.6 Å². The number of nitro groups is 1. The minimum atomic E-state index is -0.895. The van der Waals surface area contributed by atoms with E-state index in [4.69, 9.17) is 9.97 Å². The molecule has 2 atom stereocenters. The SMILES string of the molecule is Cc1ccnc(NC(=O)C23CCC(C)(c4nc5ccc([N+](=O)[O-])cc5nc42)C3(C)C)c1. The quantitative estimate of drug-likeness (QED) is 0.505. The molecule has 1 saturated carbocycles. The maximum absolute atomic E-state index is 13.8. The Balaban J connectivity index is 1.70. The molecular formula is C23H23N5O3. The molecule has 0 saturated heterocycles. The number of hydrogen-bond donors (Lipinski definition) is 1. The first-order valence-corrected chi connectivity index (χ1v) is 10.3. The van der Waals surface area contributed by atoms with Crippen LogP contribution in [0.3, 0.4) is 0 Å². The van der Waals surface area contributed by atoms with Crippen LogP contribution in [0.15, 0.2) is 36.5 Å². The number of aromatic nitrogens is 3. The number of aryl methyl sites for hydroxylation is 1. The van der Waals surface area contributed by atoms with E-state index in [-0.39, 0.29) is 17.0 Å². The first-order valence-electron chi connectivity index (χ1n) is 10.3. The number of nitrogens with zero attached hydrogens (tertiary/aromatic N) is 4. The highest BCUT2D eigenvalue weighted by Gasteiger charge is 2.73. The summed E-state index contributed by atoms with van der Waals surface area (Å²) in [5.41, 5.74) is 1.77. The largest absolute Gasteiger partial charge is 0.310 e. The predicted octanol–water partition coefficient (Wildman–Crippen LogP) is 4.21. The number of benzene rings is 1. The third-order valence-electron chi connectivity index (χ3n) is 7.78. The van der Waals surface area contributed by atoms with Gasteiger partial charge in [0.2, 0.25) is 5.91 Å². The van der Waals surface area contributed by atoms with Gasteiger partial charge in [0.15, 0.2) is 0 Å². The first-order chi connectivity index (χ1) is 14.6. The average molecular weight is 417 g/mol. The van der Waals surface area contributed by atoms with Gasteiger partial charge in [0.25, 0.3) is 5.69 Å². The number of nitrogens with one attached hydrogen (secondary N) is 1. The van der Waals surface area contributed by atoms with E-state index in [1.165, 1.54) is 12.1 Å². The maximum atomic E-state index is 13.8. The summed E-state index contributed by atoms with van der Waals surface area (Å²) < 4.78 is 0.